The summed E-state index contributed by atoms with van der Waals surface area (Å²) in [6.45, 7) is -1.80. The molecule has 1 heterocycles. The van der Waals surface area contributed by atoms with Crippen LogP contribution in [0.1, 0.15) is 5.82 Å². The summed E-state index contributed by atoms with van der Waals surface area (Å²) in [6, 6.07) is 8.92. The second kappa shape index (κ2) is 6.56. The minimum Gasteiger partial charge on any atom is -0.364 e. The van der Waals surface area contributed by atoms with E-state index < -0.39 is 24.9 Å². The first-order valence-electron chi connectivity index (χ1n) is 5.85. The fraction of sp³-hybridized carbons (Fsp3) is 0.231. The maximum Gasteiger partial charge on any atom is 0.411 e. The fourth-order valence-electron chi connectivity index (χ4n) is 1.62. The summed E-state index contributed by atoms with van der Waals surface area (Å²) in [5, 5.41) is 0. The van der Waals surface area contributed by atoms with Crippen molar-refractivity contribution in [3.63, 3.8) is 0 Å². The Balaban J connectivity index is 2.25. The van der Waals surface area contributed by atoms with E-state index in [1.807, 2.05) is 28.7 Å². The summed E-state index contributed by atoms with van der Waals surface area (Å²) in [5.74, 6) is 0.0588. The van der Waals surface area contributed by atoms with Crippen molar-refractivity contribution in [2.75, 3.05) is 6.61 Å². The van der Waals surface area contributed by atoms with Crippen molar-refractivity contribution in [3.8, 4) is 11.3 Å². The van der Waals surface area contributed by atoms with Gasteiger partial charge in [0.1, 0.15) is 22.6 Å². The standard InChI is InChI=1S/C13H10F3IN2O2/c14-13(15,16)7-21-6-9-18-11(10(17)12(20)19-9)8-4-2-1-3-5-8/h1-5H,6-7H2,(H,18,19,20). The van der Waals surface area contributed by atoms with Crippen molar-refractivity contribution in [1.82, 2.24) is 9.97 Å². The molecule has 1 N–H and O–H groups in total. The summed E-state index contributed by atoms with van der Waals surface area (Å²) in [6.07, 6.45) is -4.41. The third-order valence-corrected chi connectivity index (χ3v) is 3.46. The minimum atomic E-state index is -4.41. The second-order valence-electron chi connectivity index (χ2n) is 4.15. The van der Waals surface area contributed by atoms with Crippen LogP contribution < -0.4 is 5.56 Å². The molecule has 0 aliphatic rings. The van der Waals surface area contributed by atoms with Gasteiger partial charge in [-0.1, -0.05) is 30.3 Å². The Bertz CT molecular complexity index is 671. The highest BCUT2D eigenvalue weighted by Gasteiger charge is 2.27. The van der Waals surface area contributed by atoms with Crippen molar-refractivity contribution in [2.24, 2.45) is 0 Å². The van der Waals surface area contributed by atoms with Gasteiger partial charge in [0.2, 0.25) is 0 Å². The molecule has 0 spiro atoms. The molecular weight excluding hydrogens is 400 g/mol. The van der Waals surface area contributed by atoms with E-state index in [2.05, 4.69) is 14.7 Å². The quantitative estimate of drug-likeness (QED) is 0.789. The summed E-state index contributed by atoms with van der Waals surface area (Å²) in [4.78, 5) is 18.4. The van der Waals surface area contributed by atoms with Crippen LogP contribution in [0.15, 0.2) is 35.1 Å². The third kappa shape index (κ3) is 4.53. The molecule has 0 amide bonds. The number of nitrogens with zero attached hydrogens (tertiary/aromatic N) is 1. The van der Waals surface area contributed by atoms with Crippen molar-refractivity contribution in [1.29, 1.82) is 0 Å². The van der Waals surface area contributed by atoms with Gasteiger partial charge in [0, 0.05) is 5.56 Å². The molecule has 1 aromatic carbocycles. The Hall–Kier alpha value is -1.42. The first-order valence-corrected chi connectivity index (χ1v) is 6.93. The molecule has 0 fully saturated rings. The number of H-pyrrole nitrogens is 1. The first-order chi connectivity index (χ1) is 9.87. The number of hydrogen-bond donors (Lipinski definition) is 1. The molecule has 112 valence electrons. The van der Waals surface area contributed by atoms with Crippen molar-refractivity contribution in [2.45, 2.75) is 12.8 Å². The molecule has 2 aromatic rings. The molecule has 0 saturated heterocycles. The minimum absolute atomic E-state index is 0.0588. The number of benzene rings is 1. The molecule has 1 aromatic heterocycles. The van der Waals surface area contributed by atoms with Gasteiger partial charge in [-0.2, -0.15) is 13.2 Å². The highest BCUT2D eigenvalue weighted by molar-refractivity contribution is 14.1. The van der Waals surface area contributed by atoms with Crippen molar-refractivity contribution >= 4 is 22.6 Å². The Morgan fingerprint density at radius 3 is 2.52 bits per heavy atom. The molecule has 0 unspecified atom stereocenters. The Labute approximate surface area is 131 Å². The number of ether oxygens (including phenoxy) is 1. The Morgan fingerprint density at radius 1 is 1.24 bits per heavy atom. The van der Waals surface area contributed by atoms with E-state index in [1.54, 1.807) is 24.3 Å². The van der Waals surface area contributed by atoms with E-state index in [0.29, 0.717) is 14.8 Å². The number of alkyl halides is 3. The second-order valence-corrected chi connectivity index (χ2v) is 5.23. The van der Waals surface area contributed by atoms with Crippen LogP contribution >= 0.6 is 22.6 Å². The van der Waals surface area contributed by atoms with Gasteiger partial charge >= 0.3 is 6.18 Å². The molecule has 0 bridgehead atoms. The topological polar surface area (TPSA) is 55.0 Å². The molecule has 4 nitrogen and oxygen atoms in total. The van der Waals surface area contributed by atoms with Gasteiger partial charge in [-0.15, -0.1) is 0 Å². The van der Waals surface area contributed by atoms with Crippen molar-refractivity contribution in [3.05, 3.63) is 50.1 Å². The predicted molar refractivity (Wildman–Crippen MR) is 78.7 cm³/mol. The van der Waals surface area contributed by atoms with E-state index in [4.69, 9.17) is 0 Å². The van der Waals surface area contributed by atoms with Crippen LogP contribution in [0, 0.1) is 3.57 Å². The predicted octanol–water partition coefficient (Wildman–Crippen LogP) is 3.12. The number of nitrogens with one attached hydrogen (secondary N) is 1. The lowest BCUT2D eigenvalue weighted by molar-refractivity contribution is -0.177. The van der Waals surface area contributed by atoms with Crippen LogP contribution in [0.5, 0.6) is 0 Å². The smallest absolute Gasteiger partial charge is 0.364 e. The Morgan fingerprint density at radius 2 is 1.90 bits per heavy atom. The highest BCUT2D eigenvalue weighted by Crippen LogP contribution is 2.20. The van der Waals surface area contributed by atoms with Crippen LogP contribution in [0.2, 0.25) is 0 Å². The van der Waals surface area contributed by atoms with E-state index in [1.165, 1.54) is 0 Å². The molecule has 8 heteroatoms. The van der Waals surface area contributed by atoms with Gasteiger partial charge in [-0.25, -0.2) is 4.98 Å². The third-order valence-electron chi connectivity index (χ3n) is 2.46. The van der Waals surface area contributed by atoms with E-state index in [0.717, 1.165) is 0 Å². The van der Waals surface area contributed by atoms with Gasteiger partial charge in [-0.05, 0) is 22.6 Å². The lowest BCUT2D eigenvalue weighted by Crippen LogP contribution is -2.20. The van der Waals surface area contributed by atoms with Gasteiger partial charge in [-0.3, -0.25) is 4.79 Å². The van der Waals surface area contributed by atoms with Gasteiger partial charge in [0.25, 0.3) is 5.56 Å². The Kier molecular flexibility index (Phi) is 4.99. The number of aromatic nitrogens is 2. The zero-order valence-electron chi connectivity index (χ0n) is 10.6. The maximum absolute atomic E-state index is 12.0. The molecule has 0 atom stereocenters. The number of rotatable bonds is 4. The molecular formula is C13H10F3IN2O2. The first kappa shape index (κ1) is 16.0. The fourth-order valence-corrected chi connectivity index (χ4v) is 2.19. The molecule has 0 aliphatic carbocycles. The van der Waals surface area contributed by atoms with Gasteiger partial charge in [0.15, 0.2) is 0 Å². The molecule has 0 radical (unpaired) electrons. The molecule has 0 saturated carbocycles. The molecule has 0 aliphatic heterocycles. The zero-order valence-corrected chi connectivity index (χ0v) is 12.7. The average Bonchev–Trinajstić information content (AvgIpc) is 2.42. The van der Waals surface area contributed by atoms with Gasteiger partial charge < -0.3 is 9.72 Å². The van der Waals surface area contributed by atoms with Gasteiger partial charge in [0.05, 0.1) is 5.69 Å². The zero-order chi connectivity index (χ0) is 15.5. The molecule has 21 heavy (non-hydrogen) atoms. The largest absolute Gasteiger partial charge is 0.411 e. The number of aromatic amines is 1. The van der Waals surface area contributed by atoms with Crippen LogP contribution in [-0.4, -0.2) is 22.8 Å². The lowest BCUT2D eigenvalue weighted by Gasteiger charge is -2.09. The van der Waals surface area contributed by atoms with E-state index >= 15 is 0 Å². The summed E-state index contributed by atoms with van der Waals surface area (Å²) >= 11 is 1.85. The van der Waals surface area contributed by atoms with Crippen LogP contribution in [-0.2, 0) is 11.3 Å². The summed E-state index contributed by atoms with van der Waals surface area (Å²) in [5.41, 5.74) is 0.727. The SMILES string of the molecule is O=c1[nH]c(COCC(F)(F)F)nc(-c2ccccc2)c1I. The summed E-state index contributed by atoms with van der Waals surface area (Å²) < 4.78 is 41.0. The normalized spacial score (nSPS) is 11.6. The highest BCUT2D eigenvalue weighted by atomic mass is 127. The molecule has 2 rings (SSSR count). The van der Waals surface area contributed by atoms with Crippen molar-refractivity contribution < 1.29 is 17.9 Å². The number of halogens is 4. The maximum atomic E-state index is 12.0. The number of hydrogen-bond acceptors (Lipinski definition) is 3. The van der Waals surface area contributed by atoms with Crippen LogP contribution in [0.4, 0.5) is 13.2 Å². The lowest BCUT2D eigenvalue weighted by atomic mass is 10.1. The monoisotopic (exact) mass is 410 g/mol. The van der Waals surface area contributed by atoms with Crippen LogP contribution in [0.25, 0.3) is 11.3 Å². The van der Waals surface area contributed by atoms with E-state index in [9.17, 15) is 18.0 Å². The average molecular weight is 410 g/mol. The summed E-state index contributed by atoms with van der Waals surface area (Å²) in [7, 11) is 0. The van der Waals surface area contributed by atoms with Crippen LogP contribution in [0.3, 0.4) is 0 Å². The van der Waals surface area contributed by atoms with E-state index in [-0.39, 0.29) is 5.82 Å².